The molecule has 2 aromatic rings. The van der Waals surface area contributed by atoms with E-state index < -0.39 is 12.0 Å². The van der Waals surface area contributed by atoms with Crippen LogP contribution in [0.1, 0.15) is 60.1 Å². The fourth-order valence-corrected chi connectivity index (χ4v) is 5.62. The first-order valence-electron chi connectivity index (χ1n) is 11.8. The molecule has 2 aromatic heterocycles. The van der Waals surface area contributed by atoms with Gasteiger partial charge in [-0.25, -0.2) is 15.0 Å². The summed E-state index contributed by atoms with van der Waals surface area (Å²) in [7, 11) is 0. The van der Waals surface area contributed by atoms with E-state index in [0.29, 0.717) is 41.4 Å². The van der Waals surface area contributed by atoms with E-state index in [4.69, 9.17) is 19.9 Å². The second kappa shape index (κ2) is 8.26. The molecule has 5 rings (SSSR count). The maximum Gasteiger partial charge on any atom is 0.167 e. The van der Waals surface area contributed by atoms with Gasteiger partial charge in [0.2, 0.25) is 0 Å². The number of nitrogens with two attached hydrogens (primary N) is 1. The molecule has 2 N–H and O–H groups in total. The average Bonchev–Trinajstić information content (AvgIpc) is 3.34. The monoisotopic (exact) mass is 458 g/mol. The number of nitrogens with zero attached hydrogens (tertiary/aromatic N) is 5. The summed E-state index contributed by atoms with van der Waals surface area (Å²) in [5.41, 5.74) is 7.16. The zero-order valence-electron chi connectivity index (χ0n) is 20.0. The van der Waals surface area contributed by atoms with Crippen molar-refractivity contribution in [2.24, 2.45) is 5.92 Å². The first-order valence-corrected chi connectivity index (χ1v) is 11.8. The summed E-state index contributed by atoms with van der Waals surface area (Å²) in [6, 6.07) is 0.804. The van der Waals surface area contributed by atoms with Crippen LogP contribution in [0.4, 0.5) is 5.82 Å². The van der Waals surface area contributed by atoms with Crippen LogP contribution >= 0.6 is 0 Å². The van der Waals surface area contributed by atoms with Crippen molar-refractivity contribution in [2.75, 3.05) is 12.3 Å². The van der Waals surface area contributed by atoms with Crippen molar-refractivity contribution in [3.8, 4) is 0 Å². The van der Waals surface area contributed by atoms with Gasteiger partial charge in [0.05, 0.1) is 6.33 Å². The van der Waals surface area contributed by atoms with Crippen LogP contribution in [-0.4, -0.2) is 72.9 Å². The van der Waals surface area contributed by atoms with Gasteiger partial charge in [-0.05, 0) is 53.4 Å². The van der Waals surface area contributed by atoms with Crippen molar-refractivity contribution < 1.29 is 19.0 Å². The van der Waals surface area contributed by atoms with Crippen molar-refractivity contribution >= 4 is 22.8 Å². The van der Waals surface area contributed by atoms with Gasteiger partial charge >= 0.3 is 0 Å². The van der Waals surface area contributed by atoms with Gasteiger partial charge in [-0.1, -0.05) is 0 Å². The van der Waals surface area contributed by atoms with Crippen LogP contribution in [0.2, 0.25) is 0 Å². The molecule has 180 valence electrons. The number of anilines is 1. The molecule has 4 atom stereocenters. The lowest BCUT2D eigenvalue weighted by molar-refractivity contribution is -0.199. The lowest BCUT2D eigenvalue weighted by Crippen LogP contribution is -2.52. The van der Waals surface area contributed by atoms with Crippen LogP contribution in [0.3, 0.4) is 0 Å². The van der Waals surface area contributed by atoms with Gasteiger partial charge in [0.1, 0.15) is 35.9 Å². The van der Waals surface area contributed by atoms with E-state index in [1.54, 1.807) is 13.3 Å². The van der Waals surface area contributed by atoms with E-state index in [1.165, 1.54) is 6.33 Å². The summed E-state index contributed by atoms with van der Waals surface area (Å²) in [6.45, 7) is 10.7. The molecule has 0 aromatic carbocycles. The van der Waals surface area contributed by atoms with Gasteiger partial charge in [0, 0.05) is 25.0 Å². The van der Waals surface area contributed by atoms with E-state index in [1.807, 2.05) is 18.4 Å². The molecule has 0 radical (unpaired) electrons. The molecule has 0 spiro atoms. The highest BCUT2D eigenvalue weighted by Crippen LogP contribution is 2.45. The summed E-state index contributed by atoms with van der Waals surface area (Å²) in [5, 5.41) is 0. The topological polar surface area (TPSA) is 118 Å². The minimum Gasteiger partial charge on any atom is -0.382 e. The molecule has 0 bridgehead atoms. The number of hydrogen-bond donors (Lipinski definition) is 1. The highest BCUT2D eigenvalue weighted by molar-refractivity contribution is 5.81. The maximum absolute atomic E-state index is 11.5. The Labute approximate surface area is 193 Å². The van der Waals surface area contributed by atoms with Crippen molar-refractivity contribution in [2.45, 2.75) is 96.3 Å². The summed E-state index contributed by atoms with van der Waals surface area (Å²) < 4.78 is 21.1. The molecular formula is C23H34N6O4. The molecular weight excluding hydrogens is 424 g/mol. The Morgan fingerprint density at radius 2 is 1.97 bits per heavy atom. The van der Waals surface area contributed by atoms with Crippen LogP contribution < -0.4 is 5.73 Å². The third kappa shape index (κ3) is 4.14. The van der Waals surface area contributed by atoms with Crippen molar-refractivity contribution in [1.82, 2.24) is 24.4 Å². The summed E-state index contributed by atoms with van der Waals surface area (Å²) in [6.07, 6.45) is 4.79. The number of imidazole rings is 1. The minimum absolute atomic E-state index is 0.173. The second-order valence-electron chi connectivity index (χ2n) is 10.4. The summed E-state index contributed by atoms with van der Waals surface area (Å²) in [5.74, 6) is 0.400. The number of carbonyl (C=O) groups is 1. The van der Waals surface area contributed by atoms with Crippen molar-refractivity contribution in [3.63, 3.8) is 0 Å². The van der Waals surface area contributed by atoms with Crippen molar-refractivity contribution in [1.29, 1.82) is 0 Å². The van der Waals surface area contributed by atoms with Crippen LogP contribution in [0.5, 0.6) is 0 Å². The van der Waals surface area contributed by atoms with Crippen molar-refractivity contribution in [3.05, 3.63) is 12.7 Å². The molecule has 2 saturated heterocycles. The zero-order valence-corrected chi connectivity index (χ0v) is 20.0. The summed E-state index contributed by atoms with van der Waals surface area (Å²) >= 11 is 0. The van der Waals surface area contributed by atoms with Gasteiger partial charge in [0.15, 0.2) is 23.5 Å². The molecule has 10 nitrogen and oxygen atoms in total. The molecule has 1 aliphatic carbocycles. The fourth-order valence-electron chi connectivity index (χ4n) is 5.62. The summed E-state index contributed by atoms with van der Waals surface area (Å²) in [4.78, 5) is 26.8. The normalized spacial score (nSPS) is 33.1. The Balaban J connectivity index is 1.38. The highest BCUT2D eigenvalue weighted by atomic mass is 16.8. The highest BCUT2D eigenvalue weighted by Gasteiger charge is 2.56. The predicted molar refractivity (Wildman–Crippen MR) is 121 cm³/mol. The van der Waals surface area contributed by atoms with Crippen LogP contribution in [-0.2, 0) is 19.0 Å². The molecule has 1 saturated carbocycles. The quantitative estimate of drug-likeness (QED) is 0.667. The number of fused-ring (bicyclic) bond motifs is 2. The number of hydrogen-bond acceptors (Lipinski definition) is 9. The first-order chi connectivity index (χ1) is 15.6. The Kier molecular flexibility index (Phi) is 5.67. The number of Topliss-reactive ketones (excluding diaryl/α,β-unsaturated/α-hetero) is 1. The number of nitrogen functional groups attached to an aromatic ring is 1. The molecule has 0 amide bonds. The van der Waals surface area contributed by atoms with Gasteiger partial charge < -0.3 is 24.7 Å². The van der Waals surface area contributed by atoms with E-state index in [-0.39, 0.29) is 24.1 Å². The molecule has 33 heavy (non-hydrogen) atoms. The molecule has 3 aliphatic rings. The minimum atomic E-state index is -0.703. The van der Waals surface area contributed by atoms with Gasteiger partial charge in [-0.3, -0.25) is 9.47 Å². The smallest absolute Gasteiger partial charge is 0.167 e. The van der Waals surface area contributed by atoms with Gasteiger partial charge in [0.25, 0.3) is 0 Å². The van der Waals surface area contributed by atoms with Crippen LogP contribution in [0.15, 0.2) is 12.7 Å². The fraction of sp³-hybridized carbons (Fsp3) is 0.739. The van der Waals surface area contributed by atoms with Crippen LogP contribution in [0.25, 0.3) is 11.2 Å². The Morgan fingerprint density at radius 3 is 2.67 bits per heavy atom. The lowest BCUT2D eigenvalue weighted by atomic mass is 9.76. The molecule has 2 aliphatic heterocycles. The Bertz CT molecular complexity index is 1030. The molecule has 4 heterocycles. The SMILES string of the molecule is CC(=O)CC1CC(N(C[C@H]2O[C@@H](n3cnc4c(N)ncnc43)[C@@H]3OC(C)(C)O[C@@H]32)C(C)C)C1. The number of ether oxygens (including phenoxy) is 3. The van der Waals surface area contributed by atoms with Crippen LogP contribution in [0, 0.1) is 5.92 Å². The lowest BCUT2D eigenvalue weighted by Gasteiger charge is -2.46. The Morgan fingerprint density at radius 1 is 1.24 bits per heavy atom. The second-order valence-corrected chi connectivity index (χ2v) is 10.4. The Hall–Kier alpha value is -2.14. The number of aromatic nitrogens is 4. The third-order valence-electron chi connectivity index (χ3n) is 7.10. The maximum atomic E-state index is 11.5. The first kappa shape index (κ1) is 22.6. The molecule has 0 unspecified atom stereocenters. The molecule has 10 heteroatoms. The largest absolute Gasteiger partial charge is 0.382 e. The average molecular weight is 459 g/mol. The van der Waals surface area contributed by atoms with Gasteiger partial charge in [-0.2, -0.15) is 0 Å². The van der Waals surface area contributed by atoms with Gasteiger partial charge in [-0.15, -0.1) is 0 Å². The number of ketones is 1. The molecule has 3 fully saturated rings. The van der Waals surface area contributed by atoms with E-state index >= 15 is 0 Å². The number of carbonyl (C=O) groups excluding carboxylic acids is 1. The van der Waals surface area contributed by atoms with E-state index in [0.717, 1.165) is 19.4 Å². The predicted octanol–water partition coefficient (Wildman–Crippen LogP) is 2.29. The van der Waals surface area contributed by atoms with E-state index in [9.17, 15) is 4.79 Å². The standard InChI is InChI=1S/C23H34N6O4/c1-12(2)28(15-7-14(8-15)6-13(3)30)9-16-18-19(33-23(4,5)32-18)22(31-16)29-11-27-17-20(24)25-10-26-21(17)29/h10-12,14-16,18-19,22H,6-9H2,1-5H3,(H2,24,25,26)/t14?,15?,16-,18-,19-,22-/m1/s1. The number of rotatable bonds is 7. The third-order valence-corrected chi connectivity index (χ3v) is 7.10. The van der Waals surface area contributed by atoms with E-state index in [2.05, 4.69) is 33.7 Å². The zero-order chi connectivity index (χ0) is 23.5.